The fourth-order valence-electron chi connectivity index (χ4n) is 2.76. The Balaban J connectivity index is 1.51. The van der Waals surface area contributed by atoms with E-state index >= 15 is 0 Å². The molecule has 0 amide bonds. The quantitative estimate of drug-likeness (QED) is 0.523. The normalized spacial score (nSPS) is 10.8. The Morgan fingerprint density at radius 2 is 1.46 bits per heavy atom. The summed E-state index contributed by atoms with van der Waals surface area (Å²) >= 11 is 1.72. The second-order valence-electron chi connectivity index (χ2n) is 5.82. The first-order valence-corrected chi connectivity index (χ1v) is 8.90. The SMILES string of the molecule is c1ccc(CNc2nc3ccc(Cc4ccccc4)cc3s2)cc1. The first-order chi connectivity index (χ1) is 11.9. The van der Waals surface area contributed by atoms with Crippen LogP contribution in [0, 0.1) is 0 Å². The highest BCUT2D eigenvalue weighted by atomic mass is 32.1. The number of benzene rings is 3. The zero-order chi connectivity index (χ0) is 16.2. The van der Waals surface area contributed by atoms with E-state index in [1.54, 1.807) is 11.3 Å². The van der Waals surface area contributed by atoms with Crippen LogP contribution in [0.15, 0.2) is 78.9 Å². The fraction of sp³-hybridized carbons (Fsp3) is 0.0952. The molecule has 0 saturated carbocycles. The Morgan fingerprint density at radius 1 is 0.750 bits per heavy atom. The van der Waals surface area contributed by atoms with Gasteiger partial charge in [-0.15, -0.1) is 0 Å². The zero-order valence-corrected chi connectivity index (χ0v) is 14.1. The molecule has 1 aromatic heterocycles. The van der Waals surface area contributed by atoms with E-state index in [2.05, 4.69) is 83.1 Å². The summed E-state index contributed by atoms with van der Waals surface area (Å²) in [6.07, 6.45) is 0.960. The standard InChI is InChI=1S/C21H18N2S/c1-3-7-16(8-4-1)13-18-11-12-19-20(14-18)24-21(23-19)22-15-17-9-5-2-6-10-17/h1-12,14H,13,15H2,(H,22,23). The van der Waals surface area contributed by atoms with Crippen LogP contribution in [0.5, 0.6) is 0 Å². The summed E-state index contributed by atoms with van der Waals surface area (Å²) < 4.78 is 1.24. The molecule has 0 aliphatic carbocycles. The first kappa shape index (κ1) is 14.9. The Bertz CT molecular complexity index is 930. The molecule has 4 rings (SSSR count). The Morgan fingerprint density at radius 3 is 2.21 bits per heavy atom. The topological polar surface area (TPSA) is 24.9 Å². The number of hydrogen-bond donors (Lipinski definition) is 1. The lowest BCUT2D eigenvalue weighted by molar-refractivity contribution is 1.14. The Labute approximate surface area is 145 Å². The molecule has 1 heterocycles. The highest BCUT2D eigenvalue weighted by Gasteiger charge is 2.05. The molecule has 118 valence electrons. The van der Waals surface area contributed by atoms with Crippen LogP contribution in [-0.4, -0.2) is 4.98 Å². The third-order valence-corrected chi connectivity index (χ3v) is 4.97. The molecule has 1 N–H and O–H groups in total. The smallest absolute Gasteiger partial charge is 0.184 e. The highest BCUT2D eigenvalue weighted by molar-refractivity contribution is 7.22. The van der Waals surface area contributed by atoms with Gasteiger partial charge in [0.15, 0.2) is 5.13 Å². The number of nitrogens with one attached hydrogen (secondary N) is 1. The van der Waals surface area contributed by atoms with Crippen molar-refractivity contribution in [1.82, 2.24) is 4.98 Å². The summed E-state index contributed by atoms with van der Waals surface area (Å²) in [6.45, 7) is 0.803. The second-order valence-corrected chi connectivity index (χ2v) is 6.85. The number of thiazole rings is 1. The predicted octanol–water partition coefficient (Wildman–Crippen LogP) is 5.50. The third-order valence-electron chi connectivity index (χ3n) is 3.99. The average Bonchev–Trinajstić information content (AvgIpc) is 3.04. The van der Waals surface area contributed by atoms with Crippen molar-refractivity contribution in [3.05, 3.63) is 95.6 Å². The highest BCUT2D eigenvalue weighted by Crippen LogP contribution is 2.28. The molecular weight excluding hydrogens is 312 g/mol. The summed E-state index contributed by atoms with van der Waals surface area (Å²) in [6, 6.07) is 27.5. The molecule has 0 saturated heterocycles. The van der Waals surface area contributed by atoms with Gasteiger partial charge in [-0.2, -0.15) is 0 Å². The van der Waals surface area contributed by atoms with E-state index in [0.717, 1.165) is 23.6 Å². The zero-order valence-electron chi connectivity index (χ0n) is 13.3. The van der Waals surface area contributed by atoms with E-state index in [-0.39, 0.29) is 0 Å². The average molecular weight is 330 g/mol. The summed E-state index contributed by atoms with van der Waals surface area (Å²) in [5.41, 5.74) is 4.99. The van der Waals surface area contributed by atoms with Crippen LogP contribution in [0.4, 0.5) is 5.13 Å². The minimum atomic E-state index is 0.803. The number of fused-ring (bicyclic) bond motifs is 1. The number of nitrogens with zero attached hydrogens (tertiary/aromatic N) is 1. The Hall–Kier alpha value is -2.65. The molecular formula is C21H18N2S. The maximum atomic E-state index is 4.68. The molecule has 0 spiro atoms. The molecule has 0 fully saturated rings. The molecule has 0 aliphatic heterocycles. The van der Waals surface area contributed by atoms with E-state index in [4.69, 9.17) is 0 Å². The van der Waals surface area contributed by atoms with Gasteiger partial charge in [-0.1, -0.05) is 78.1 Å². The van der Waals surface area contributed by atoms with Crippen molar-refractivity contribution in [2.45, 2.75) is 13.0 Å². The van der Waals surface area contributed by atoms with E-state index < -0.39 is 0 Å². The molecule has 0 atom stereocenters. The monoisotopic (exact) mass is 330 g/mol. The number of aromatic nitrogens is 1. The maximum Gasteiger partial charge on any atom is 0.184 e. The van der Waals surface area contributed by atoms with Crippen molar-refractivity contribution in [3.63, 3.8) is 0 Å². The van der Waals surface area contributed by atoms with Gasteiger partial charge in [0, 0.05) is 6.54 Å². The van der Waals surface area contributed by atoms with Gasteiger partial charge in [0.1, 0.15) is 0 Å². The van der Waals surface area contributed by atoms with Gasteiger partial charge in [0.2, 0.25) is 0 Å². The minimum Gasteiger partial charge on any atom is -0.357 e. The van der Waals surface area contributed by atoms with Crippen LogP contribution in [0.25, 0.3) is 10.2 Å². The van der Waals surface area contributed by atoms with Crippen molar-refractivity contribution < 1.29 is 0 Å². The van der Waals surface area contributed by atoms with Crippen LogP contribution >= 0.6 is 11.3 Å². The first-order valence-electron chi connectivity index (χ1n) is 8.08. The molecule has 2 nitrogen and oxygen atoms in total. The molecule has 0 aliphatic rings. The minimum absolute atomic E-state index is 0.803. The maximum absolute atomic E-state index is 4.68. The largest absolute Gasteiger partial charge is 0.357 e. The van der Waals surface area contributed by atoms with Crippen LogP contribution in [0.1, 0.15) is 16.7 Å². The van der Waals surface area contributed by atoms with Crippen LogP contribution < -0.4 is 5.32 Å². The van der Waals surface area contributed by atoms with Gasteiger partial charge in [-0.25, -0.2) is 4.98 Å². The van der Waals surface area contributed by atoms with E-state index in [9.17, 15) is 0 Å². The van der Waals surface area contributed by atoms with Crippen molar-refractivity contribution in [1.29, 1.82) is 0 Å². The summed E-state index contributed by atoms with van der Waals surface area (Å²) in [5, 5.41) is 4.40. The number of anilines is 1. The molecule has 0 bridgehead atoms. The van der Waals surface area contributed by atoms with Gasteiger partial charge in [0.05, 0.1) is 10.2 Å². The van der Waals surface area contributed by atoms with Gasteiger partial charge < -0.3 is 5.32 Å². The number of hydrogen-bond acceptors (Lipinski definition) is 3. The molecule has 3 aromatic carbocycles. The van der Waals surface area contributed by atoms with Crippen molar-refractivity contribution >= 4 is 26.7 Å². The van der Waals surface area contributed by atoms with E-state index in [1.807, 2.05) is 6.07 Å². The number of rotatable bonds is 5. The molecule has 0 unspecified atom stereocenters. The lowest BCUT2D eigenvalue weighted by atomic mass is 10.1. The van der Waals surface area contributed by atoms with Gasteiger partial charge in [0.25, 0.3) is 0 Å². The molecule has 0 radical (unpaired) electrons. The van der Waals surface area contributed by atoms with Crippen molar-refractivity contribution in [2.24, 2.45) is 0 Å². The van der Waals surface area contributed by atoms with E-state index in [1.165, 1.54) is 21.4 Å². The third kappa shape index (κ3) is 3.47. The summed E-state index contributed by atoms with van der Waals surface area (Å²) in [4.78, 5) is 4.68. The lowest BCUT2D eigenvalue weighted by Crippen LogP contribution is -1.97. The molecule has 24 heavy (non-hydrogen) atoms. The van der Waals surface area contributed by atoms with Crippen molar-refractivity contribution in [3.8, 4) is 0 Å². The summed E-state index contributed by atoms with van der Waals surface area (Å²) in [7, 11) is 0. The van der Waals surface area contributed by atoms with Crippen LogP contribution in [0.3, 0.4) is 0 Å². The lowest BCUT2D eigenvalue weighted by Gasteiger charge is -2.01. The Kier molecular flexibility index (Phi) is 4.26. The molecule has 3 heteroatoms. The van der Waals surface area contributed by atoms with Gasteiger partial charge in [-0.05, 0) is 35.2 Å². The van der Waals surface area contributed by atoms with Crippen LogP contribution in [-0.2, 0) is 13.0 Å². The van der Waals surface area contributed by atoms with Gasteiger partial charge in [-0.3, -0.25) is 0 Å². The molecule has 4 aromatic rings. The second kappa shape index (κ2) is 6.85. The predicted molar refractivity (Wildman–Crippen MR) is 103 cm³/mol. The van der Waals surface area contributed by atoms with Crippen LogP contribution in [0.2, 0.25) is 0 Å². The van der Waals surface area contributed by atoms with E-state index in [0.29, 0.717) is 0 Å². The summed E-state index contributed by atoms with van der Waals surface area (Å²) in [5.74, 6) is 0. The van der Waals surface area contributed by atoms with Gasteiger partial charge >= 0.3 is 0 Å². The fourth-order valence-corrected chi connectivity index (χ4v) is 3.68. The van der Waals surface area contributed by atoms with Crippen molar-refractivity contribution in [2.75, 3.05) is 5.32 Å².